The smallest absolute Gasteiger partial charge is 0.243 e. The maximum Gasteiger partial charge on any atom is 0.243 e. The Bertz CT molecular complexity index is 1380. The number of hydroxylamine groups is 1. The van der Waals surface area contributed by atoms with E-state index >= 15 is 0 Å². The second-order valence-corrected chi connectivity index (χ2v) is 9.18. The molecule has 1 heterocycles. The Hall–Kier alpha value is -4.17. The molecule has 0 aliphatic heterocycles. The number of benzene rings is 3. The number of aromatic nitrogens is 1. The van der Waals surface area contributed by atoms with Crippen LogP contribution in [0.5, 0.6) is 0 Å². The van der Waals surface area contributed by atoms with Gasteiger partial charge in [0.2, 0.25) is 17.7 Å². The molecule has 1 aromatic heterocycles. The number of hydrogen-bond donors (Lipinski definition) is 5. The van der Waals surface area contributed by atoms with Crippen molar-refractivity contribution in [2.45, 2.75) is 44.6 Å². The molecule has 0 aliphatic rings. The first-order chi connectivity index (χ1) is 18.0. The predicted octanol–water partition coefficient (Wildman–Crippen LogP) is 3.77. The van der Waals surface area contributed by atoms with E-state index in [1.165, 1.54) is 0 Å². The third-order valence-electron chi connectivity index (χ3n) is 6.43. The summed E-state index contributed by atoms with van der Waals surface area (Å²) in [6.07, 6.45) is 4.68. The Morgan fingerprint density at radius 1 is 0.865 bits per heavy atom. The number of unbranched alkanes of at least 4 members (excludes halogenated alkanes) is 2. The van der Waals surface area contributed by atoms with Crippen LogP contribution in [-0.4, -0.2) is 40.5 Å². The molecule has 4 rings (SSSR count). The largest absolute Gasteiger partial charge is 0.361 e. The van der Waals surface area contributed by atoms with Crippen LogP contribution in [0.25, 0.3) is 21.7 Å². The number of nitrogens with one attached hydrogen (secondary N) is 4. The van der Waals surface area contributed by atoms with Crippen molar-refractivity contribution in [3.05, 3.63) is 84.1 Å². The van der Waals surface area contributed by atoms with Crippen LogP contribution in [0.4, 0.5) is 0 Å². The van der Waals surface area contributed by atoms with Gasteiger partial charge in [0.15, 0.2) is 0 Å². The van der Waals surface area contributed by atoms with Crippen LogP contribution in [-0.2, 0) is 27.2 Å². The molecule has 3 aromatic carbocycles. The van der Waals surface area contributed by atoms with Gasteiger partial charge in [-0.2, -0.15) is 0 Å². The van der Waals surface area contributed by atoms with Crippen LogP contribution in [0.15, 0.2) is 72.9 Å². The van der Waals surface area contributed by atoms with Crippen molar-refractivity contribution >= 4 is 39.4 Å². The summed E-state index contributed by atoms with van der Waals surface area (Å²) in [5.74, 6) is -0.882. The molecular formula is C29H32N4O4. The van der Waals surface area contributed by atoms with Gasteiger partial charge in [0.05, 0.1) is 6.42 Å². The summed E-state index contributed by atoms with van der Waals surface area (Å²) in [5.41, 5.74) is 4.43. The highest BCUT2D eigenvalue weighted by molar-refractivity contribution is 5.91. The molecule has 0 saturated carbocycles. The first-order valence-electron chi connectivity index (χ1n) is 12.6. The van der Waals surface area contributed by atoms with Crippen molar-refractivity contribution in [2.75, 3.05) is 6.54 Å². The first kappa shape index (κ1) is 25.9. The van der Waals surface area contributed by atoms with Gasteiger partial charge in [-0.3, -0.25) is 19.6 Å². The van der Waals surface area contributed by atoms with Gasteiger partial charge in [0.1, 0.15) is 6.04 Å². The number of aromatic amines is 1. The molecule has 0 aliphatic carbocycles. The monoisotopic (exact) mass is 500 g/mol. The van der Waals surface area contributed by atoms with E-state index in [9.17, 15) is 14.4 Å². The van der Waals surface area contributed by atoms with Crippen molar-refractivity contribution in [3.63, 3.8) is 0 Å². The van der Waals surface area contributed by atoms with Gasteiger partial charge in [-0.05, 0) is 40.8 Å². The third-order valence-corrected chi connectivity index (χ3v) is 6.43. The van der Waals surface area contributed by atoms with E-state index < -0.39 is 11.9 Å². The van der Waals surface area contributed by atoms with Crippen molar-refractivity contribution < 1.29 is 19.6 Å². The molecule has 0 spiro atoms. The van der Waals surface area contributed by atoms with Gasteiger partial charge in [-0.25, -0.2) is 5.48 Å². The highest BCUT2D eigenvalue weighted by Crippen LogP contribution is 2.20. The Kier molecular flexibility index (Phi) is 8.89. The van der Waals surface area contributed by atoms with Crippen molar-refractivity contribution in [3.8, 4) is 0 Å². The van der Waals surface area contributed by atoms with Gasteiger partial charge >= 0.3 is 0 Å². The number of amides is 3. The average molecular weight is 501 g/mol. The fraction of sp³-hybridized carbons (Fsp3) is 0.276. The van der Waals surface area contributed by atoms with E-state index in [1.54, 1.807) is 5.48 Å². The lowest BCUT2D eigenvalue weighted by Gasteiger charge is -2.19. The van der Waals surface area contributed by atoms with E-state index in [0.717, 1.165) is 39.2 Å². The van der Waals surface area contributed by atoms with E-state index in [0.29, 0.717) is 25.8 Å². The Morgan fingerprint density at radius 3 is 2.49 bits per heavy atom. The molecule has 37 heavy (non-hydrogen) atoms. The van der Waals surface area contributed by atoms with E-state index in [4.69, 9.17) is 5.21 Å². The van der Waals surface area contributed by atoms with Gasteiger partial charge in [-0.1, -0.05) is 67.1 Å². The van der Waals surface area contributed by atoms with Crippen molar-refractivity contribution in [1.82, 2.24) is 21.1 Å². The third kappa shape index (κ3) is 7.17. The molecule has 3 amide bonds. The number of carbonyl (C=O) groups is 3. The number of carbonyl (C=O) groups excluding carboxylic acids is 3. The molecule has 192 valence electrons. The highest BCUT2D eigenvalue weighted by Gasteiger charge is 2.22. The van der Waals surface area contributed by atoms with Crippen molar-refractivity contribution in [2.24, 2.45) is 0 Å². The summed E-state index contributed by atoms with van der Waals surface area (Å²) in [6.45, 7) is 0.435. The number of H-pyrrole nitrogens is 1. The lowest BCUT2D eigenvalue weighted by atomic mass is 10.0. The summed E-state index contributed by atoms with van der Waals surface area (Å²) < 4.78 is 0. The van der Waals surface area contributed by atoms with E-state index in [2.05, 4.69) is 15.6 Å². The zero-order valence-electron chi connectivity index (χ0n) is 20.6. The fourth-order valence-electron chi connectivity index (χ4n) is 4.49. The fourth-order valence-corrected chi connectivity index (χ4v) is 4.49. The molecule has 5 N–H and O–H groups in total. The minimum Gasteiger partial charge on any atom is -0.361 e. The Labute approximate surface area is 215 Å². The van der Waals surface area contributed by atoms with Gasteiger partial charge in [-0.15, -0.1) is 0 Å². The minimum atomic E-state index is -0.729. The molecular weight excluding hydrogens is 468 g/mol. The molecule has 8 nitrogen and oxygen atoms in total. The number of rotatable bonds is 12. The van der Waals surface area contributed by atoms with E-state index in [-0.39, 0.29) is 24.7 Å². The van der Waals surface area contributed by atoms with Crippen molar-refractivity contribution in [1.29, 1.82) is 0 Å². The zero-order chi connectivity index (χ0) is 26.0. The second kappa shape index (κ2) is 12.7. The number of hydrogen-bond acceptors (Lipinski definition) is 4. The molecule has 4 aromatic rings. The summed E-state index contributed by atoms with van der Waals surface area (Å²) >= 11 is 0. The summed E-state index contributed by atoms with van der Waals surface area (Å²) in [4.78, 5) is 40.5. The second-order valence-electron chi connectivity index (χ2n) is 9.18. The first-order valence-corrected chi connectivity index (χ1v) is 12.6. The predicted molar refractivity (Wildman–Crippen MR) is 143 cm³/mol. The lowest BCUT2D eigenvalue weighted by Crippen LogP contribution is -2.48. The molecule has 8 heteroatoms. The molecule has 1 atom stereocenters. The minimum absolute atomic E-state index is 0.176. The summed E-state index contributed by atoms with van der Waals surface area (Å²) in [7, 11) is 0. The quantitative estimate of drug-likeness (QED) is 0.115. The summed E-state index contributed by atoms with van der Waals surface area (Å²) in [5, 5.41) is 17.6. The lowest BCUT2D eigenvalue weighted by molar-refractivity contribution is -0.129. The average Bonchev–Trinajstić information content (AvgIpc) is 3.32. The Balaban J connectivity index is 1.39. The van der Waals surface area contributed by atoms with Crippen LogP contribution < -0.4 is 16.1 Å². The molecule has 0 fully saturated rings. The molecule has 0 bridgehead atoms. The molecule has 0 saturated heterocycles. The van der Waals surface area contributed by atoms with Crippen LogP contribution in [0.1, 0.15) is 36.8 Å². The maximum absolute atomic E-state index is 13.1. The Morgan fingerprint density at radius 2 is 1.65 bits per heavy atom. The van der Waals surface area contributed by atoms with E-state index in [1.807, 2.05) is 72.9 Å². The molecule has 0 radical (unpaired) electrons. The van der Waals surface area contributed by atoms with Gasteiger partial charge in [0.25, 0.3) is 0 Å². The topological polar surface area (TPSA) is 123 Å². The standard InChI is InChI=1S/C29H32N4O4/c34-27(33-37)12-2-1-7-15-30-29(36)26(18-23-19-31-25-11-6-5-10-24(23)25)32-28(35)17-20-13-14-21-8-3-4-9-22(21)16-20/h3-6,8-11,13-14,16,19,26,31,37H,1-2,7,12,15,17-18H2,(H,30,36)(H,32,35)(H,33,34)/t26-/m0/s1. The number of fused-ring (bicyclic) bond motifs is 2. The van der Waals surface area contributed by atoms with Gasteiger partial charge < -0.3 is 15.6 Å². The zero-order valence-corrected chi connectivity index (χ0v) is 20.6. The normalized spacial score (nSPS) is 11.8. The SMILES string of the molecule is O=C(CCCCCNC(=O)[C@H](Cc1c[nH]c2ccccc12)NC(=O)Cc1ccc2ccccc2c1)NO. The highest BCUT2D eigenvalue weighted by atomic mass is 16.5. The van der Waals surface area contributed by atoms with Crippen LogP contribution in [0.2, 0.25) is 0 Å². The number of para-hydroxylation sites is 1. The maximum atomic E-state index is 13.1. The van der Waals surface area contributed by atoms with Crippen LogP contribution in [0, 0.1) is 0 Å². The van der Waals surface area contributed by atoms with Crippen LogP contribution >= 0.6 is 0 Å². The molecule has 0 unspecified atom stereocenters. The van der Waals surface area contributed by atoms with Gasteiger partial charge in [0, 0.05) is 36.5 Å². The van der Waals surface area contributed by atoms with Crippen LogP contribution in [0.3, 0.4) is 0 Å². The summed E-state index contributed by atoms with van der Waals surface area (Å²) in [6, 6.07) is 21.1.